The fraction of sp³-hybridized carbons (Fsp3) is 0.222. The number of carbonyl (C=O) groups is 1. The van der Waals surface area contributed by atoms with E-state index in [1.807, 2.05) is 0 Å². The highest BCUT2D eigenvalue weighted by Gasteiger charge is 2.15. The lowest BCUT2D eigenvalue weighted by atomic mass is 10.2. The molecule has 0 unspecified atom stereocenters. The first-order chi connectivity index (χ1) is 6.56. The summed E-state index contributed by atoms with van der Waals surface area (Å²) in [6.07, 6.45) is 0. The Balaban J connectivity index is 3.13. The van der Waals surface area contributed by atoms with Crippen molar-refractivity contribution in [2.45, 2.75) is 6.92 Å². The van der Waals surface area contributed by atoms with E-state index < -0.39 is 5.97 Å². The van der Waals surface area contributed by atoms with Crippen LogP contribution in [0, 0.1) is 0 Å². The van der Waals surface area contributed by atoms with Crippen LogP contribution in [0.15, 0.2) is 12.1 Å². The van der Waals surface area contributed by atoms with E-state index in [0.29, 0.717) is 0 Å². The Hall–Kier alpha value is -0.930. The van der Waals surface area contributed by atoms with Gasteiger partial charge in [0.25, 0.3) is 0 Å². The number of hydrogen-bond acceptors (Lipinski definition) is 3. The first-order valence-corrected chi connectivity index (χ1v) is 4.67. The summed E-state index contributed by atoms with van der Waals surface area (Å²) in [5.41, 5.74) is 0.0681. The minimum absolute atomic E-state index is 0.0681. The number of phenols is 1. The van der Waals surface area contributed by atoms with Gasteiger partial charge in [-0.2, -0.15) is 0 Å². The highest BCUT2D eigenvalue weighted by Crippen LogP contribution is 2.30. The van der Waals surface area contributed by atoms with E-state index in [2.05, 4.69) is 0 Å². The predicted octanol–water partition coefficient (Wildman–Crippen LogP) is 2.88. The highest BCUT2D eigenvalue weighted by molar-refractivity contribution is 6.43. The van der Waals surface area contributed by atoms with Gasteiger partial charge in [-0.05, 0) is 13.0 Å². The van der Waals surface area contributed by atoms with E-state index in [-0.39, 0.29) is 28.0 Å². The molecule has 0 saturated heterocycles. The second kappa shape index (κ2) is 4.53. The molecule has 76 valence electrons. The second-order valence-electron chi connectivity index (χ2n) is 2.51. The number of rotatable bonds is 2. The van der Waals surface area contributed by atoms with Gasteiger partial charge >= 0.3 is 5.97 Å². The second-order valence-corrected chi connectivity index (χ2v) is 3.29. The molecule has 1 rings (SSSR count). The molecule has 0 spiro atoms. The molecule has 3 nitrogen and oxygen atoms in total. The van der Waals surface area contributed by atoms with Crippen molar-refractivity contribution in [3.05, 3.63) is 27.7 Å². The third-order valence-electron chi connectivity index (χ3n) is 1.51. The number of hydrogen-bond donors (Lipinski definition) is 1. The van der Waals surface area contributed by atoms with E-state index in [4.69, 9.17) is 27.9 Å². The Morgan fingerprint density at radius 3 is 2.71 bits per heavy atom. The zero-order chi connectivity index (χ0) is 10.7. The minimum atomic E-state index is -0.602. The number of halogens is 2. The standard InChI is InChI=1S/C9H8Cl2O3/c1-2-14-9(13)6-3-5(12)4-7(10)8(6)11/h3-4,12H,2H2,1H3. The van der Waals surface area contributed by atoms with E-state index >= 15 is 0 Å². The normalized spacial score (nSPS) is 9.93. The third kappa shape index (κ3) is 2.30. The van der Waals surface area contributed by atoms with Crippen molar-refractivity contribution >= 4 is 29.2 Å². The van der Waals surface area contributed by atoms with Gasteiger partial charge in [0.05, 0.1) is 22.2 Å². The lowest BCUT2D eigenvalue weighted by Crippen LogP contribution is -2.05. The summed E-state index contributed by atoms with van der Waals surface area (Å²) >= 11 is 11.4. The minimum Gasteiger partial charge on any atom is -0.508 e. The van der Waals surface area contributed by atoms with Gasteiger partial charge in [0.2, 0.25) is 0 Å². The van der Waals surface area contributed by atoms with Crippen molar-refractivity contribution < 1.29 is 14.6 Å². The Labute approximate surface area is 91.2 Å². The molecule has 0 aliphatic heterocycles. The smallest absolute Gasteiger partial charge is 0.339 e. The lowest BCUT2D eigenvalue weighted by Gasteiger charge is -2.05. The molecule has 0 saturated carbocycles. The first kappa shape index (κ1) is 11.1. The van der Waals surface area contributed by atoms with Crippen LogP contribution in [0.4, 0.5) is 0 Å². The molecule has 0 bridgehead atoms. The fourth-order valence-corrected chi connectivity index (χ4v) is 1.33. The summed E-state index contributed by atoms with van der Waals surface area (Å²) in [7, 11) is 0. The average molecular weight is 235 g/mol. The maximum atomic E-state index is 11.3. The fourth-order valence-electron chi connectivity index (χ4n) is 0.932. The van der Waals surface area contributed by atoms with Crippen LogP contribution in [0.3, 0.4) is 0 Å². The van der Waals surface area contributed by atoms with E-state index in [9.17, 15) is 9.90 Å². The van der Waals surface area contributed by atoms with E-state index in [0.717, 1.165) is 0 Å². The maximum Gasteiger partial charge on any atom is 0.339 e. The summed E-state index contributed by atoms with van der Waals surface area (Å²) in [6, 6.07) is 2.47. The molecule has 0 fully saturated rings. The first-order valence-electron chi connectivity index (χ1n) is 3.91. The number of aromatic hydroxyl groups is 1. The summed E-state index contributed by atoms with van der Waals surface area (Å²) in [6.45, 7) is 1.92. The lowest BCUT2D eigenvalue weighted by molar-refractivity contribution is 0.0526. The van der Waals surface area contributed by atoms with Gasteiger partial charge in [-0.25, -0.2) is 4.79 Å². The number of esters is 1. The van der Waals surface area contributed by atoms with Crippen LogP contribution in [0.5, 0.6) is 5.75 Å². The molecule has 1 N–H and O–H groups in total. The monoisotopic (exact) mass is 234 g/mol. The SMILES string of the molecule is CCOC(=O)c1cc(O)cc(Cl)c1Cl. The van der Waals surface area contributed by atoms with Crippen molar-refractivity contribution in [3.63, 3.8) is 0 Å². The molecule has 0 heterocycles. The summed E-state index contributed by atoms with van der Waals surface area (Å²) in [5, 5.41) is 9.39. The van der Waals surface area contributed by atoms with E-state index in [1.54, 1.807) is 6.92 Å². The molecule has 0 amide bonds. The van der Waals surface area contributed by atoms with Crippen LogP contribution in [0.1, 0.15) is 17.3 Å². The zero-order valence-electron chi connectivity index (χ0n) is 7.38. The van der Waals surface area contributed by atoms with Crippen LogP contribution < -0.4 is 0 Å². The Kier molecular flexibility index (Phi) is 3.61. The van der Waals surface area contributed by atoms with Crippen molar-refractivity contribution in [2.75, 3.05) is 6.61 Å². The highest BCUT2D eigenvalue weighted by atomic mass is 35.5. The van der Waals surface area contributed by atoms with Gasteiger partial charge in [-0.3, -0.25) is 0 Å². The van der Waals surface area contributed by atoms with Crippen LogP contribution in [-0.4, -0.2) is 17.7 Å². The van der Waals surface area contributed by atoms with Gasteiger partial charge in [0.15, 0.2) is 0 Å². The van der Waals surface area contributed by atoms with Gasteiger partial charge in [0.1, 0.15) is 5.75 Å². The molecule has 5 heteroatoms. The quantitative estimate of drug-likeness (QED) is 0.801. The Bertz CT molecular complexity index is 363. The number of benzene rings is 1. The topological polar surface area (TPSA) is 46.5 Å². The molecule has 1 aromatic carbocycles. The molecule has 0 aliphatic carbocycles. The average Bonchev–Trinajstić information content (AvgIpc) is 2.11. The van der Waals surface area contributed by atoms with Crippen LogP contribution in [0.25, 0.3) is 0 Å². The zero-order valence-corrected chi connectivity index (χ0v) is 8.89. The molecular formula is C9H8Cl2O3. The van der Waals surface area contributed by atoms with Crippen molar-refractivity contribution in [1.82, 2.24) is 0 Å². The van der Waals surface area contributed by atoms with Gasteiger partial charge in [-0.1, -0.05) is 23.2 Å². The van der Waals surface area contributed by atoms with Crippen molar-refractivity contribution in [2.24, 2.45) is 0 Å². The van der Waals surface area contributed by atoms with Crippen molar-refractivity contribution in [3.8, 4) is 5.75 Å². The van der Waals surface area contributed by atoms with Crippen LogP contribution in [0.2, 0.25) is 10.0 Å². The summed E-state index contributed by atoms with van der Waals surface area (Å²) in [5.74, 6) is -0.724. The van der Waals surface area contributed by atoms with Gasteiger partial charge in [-0.15, -0.1) is 0 Å². The summed E-state index contributed by atoms with van der Waals surface area (Å²) in [4.78, 5) is 11.3. The molecular weight excluding hydrogens is 227 g/mol. The largest absolute Gasteiger partial charge is 0.508 e. The summed E-state index contributed by atoms with van der Waals surface area (Å²) < 4.78 is 4.73. The molecule has 0 radical (unpaired) electrons. The van der Waals surface area contributed by atoms with Crippen LogP contribution in [-0.2, 0) is 4.74 Å². The molecule has 1 aromatic rings. The molecule has 0 atom stereocenters. The number of ether oxygens (including phenoxy) is 1. The molecule has 14 heavy (non-hydrogen) atoms. The van der Waals surface area contributed by atoms with Crippen molar-refractivity contribution in [1.29, 1.82) is 0 Å². The Morgan fingerprint density at radius 2 is 2.14 bits per heavy atom. The Morgan fingerprint density at radius 1 is 1.50 bits per heavy atom. The van der Waals surface area contributed by atoms with Gasteiger partial charge < -0.3 is 9.84 Å². The maximum absolute atomic E-state index is 11.3. The predicted molar refractivity (Wildman–Crippen MR) is 54.1 cm³/mol. The number of phenolic OH excluding ortho intramolecular Hbond substituents is 1. The molecule has 0 aromatic heterocycles. The van der Waals surface area contributed by atoms with Crippen LogP contribution >= 0.6 is 23.2 Å². The van der Waals surface area contributed by atoms with Gasteiger partial charge in [0, 0.05) is 6.07 Å². The number of carbonyl (C=O) groups excluding carboxylic acids is 1. The third-order valence-corrected chi connectivity index (χ3v) is 2.31. The molecule has 0 aliphatic rings. The van der Waals surface area contributed by atoms with E-state index in [1.165, 1.54) is 12.1 Å².